The van der Waals surface area contributed by atoms with Crippen molar-refractivity contribution in [3.8, 4) is 11.5 Å². The molecule has 0 fully saturated rings. The van der Waals surface area contributed by atoms with Crippen LogP contribution in [-0.2, 0) is 11.2 Å². The lowest BCUT2D eigenvalue weighted by Crippen LogP contribution is -2.39. The summed E-state index contributed by atoms with van der Waals surface area (Å²) in [5.41, 5.74) is 1.14. The van der Waals surface area contributed by atoms with E-state index in [-0.39, 0.29) is 12.5 Å². The van der Waals surface area contributed by atoms with Gasteiger partial charge in [-0.15, -0.1) is 0 Å². The molecule has 0 saturated heterocycles. The molecule has 26 heavy (non-hydrogen) atoms. The second kappa shape index (κ2) is 12.9. The Morgan fingerprint density at radius 1 is 0.962 bits per heavy atom. The molecule has 7 nitrogen and oxygen atoms in total. The Balaban J connectivity index is 2.61. The number of nitrogens with one attached hydrogen (secondary N) is 3. The fourth-order valence-electron chi connectivity index (χ4n) is 2.32. The van der Waals surface area contributed by atoms with E-state index in [0.29, 0.717) is 32.3 Å². The second-order valence-corrected chi connectivity index (χ2v) is 5.47. The Morgan fingerprint density at radius 2 is 1.65 bits per heavy atom. The predicted molar refractivity (Wildman–Crippen MR) is 105 cm³/mol. The maximum atomic E-state index is 11.5. The Labute approximate surface area is 156 Å². The van der Waals surface area contributed by atoms with Crippen LogP contribution in [0.5, 0.6) is 11.5 Å². The first-order valence-corrected chi connectivity index (χ1v) is 9.31. The van der Waals surface area contributed by atoms with Gasteiger partial charge in [0.15, 0.2) is 17.5 Å². The summed E-state index contributed by atoms with van der Waals surface area (Å²) in [5, 5.41) is 9.11. The predicted octanol–water partition coefficient (Wildman–Crippen LogP) is 1.72. The minimum Gasteiger partial charge on any atom is -0.490 e. The summed E-state index contributed by atoms with van der Waals surface area (Å²) in [5.74, 6) is 2.08. The normalized spacial score (nSPS) is 11.0. The fourth-order valence-corrected chi connectivity index (χ4v) is 2.32. The smallest absolute Gasteiger partial charge is 0.241 e. The number of hydrogen-bond donors (Lipinski definition) is 3. The third-order valence-corrected chi connectivity index (χ3v) is 3.41. The number of ether oxygens (including phenoxy) is 2. The van der Waals surface area contributed by atoms with E-state index in [2.05, 4.69) is 20.9 Å². The van der Waals surface area contributed by atoms with Crippen LogP contribution in [0, 0.1) is 0 Å². The largest absolute Gasteiger partial charge is 0.490 e. The Hall–Kier alpha value is -2.44. The van der Waals surface area contributed by atoms with Crippen LogP contribution in [0.3, 0.4) is 0 Å². The summed E-state index contributed by atoms with van der Waals surface area (Å²) in [6, 6.07) is 5.99. The molecule has 0 atom stereocenters. The lowest BCUT2D eigenvalue weighted by Gasteiger charge is -2.14. The number of aliphatic imine (C=N–C) groups is 1. The van der Waals surface area contributed by atoms with Crippen molar-refractivity contribution in [2.24, 2.45) is 4.99 Å². The van der Waals surface area contributed by atoms with Crippen LogP contribution < -0.4 is 25.4 Å². The summed E-state index contributed by atoms with van der Waals surface area (Å²) < 4.78 is 11.2. The highest BCUT2D eigenvalue weighted by Crippen LogP contribution is 2.28. The quantitative estimate of drug-likeness (QED) is 0.411. The molecule has 0 aromatic heterocycles. The molecule has 0 aliphatic carbocycles. The van der Waals surface area contributed by atoms with Crippen LogP contribution in [0.1, 0.15) is 33.3 Å². The first-order chi connectivity index (χ1) is 12.6. The van der Waals surface area contributed by atoms with E-state index >= 15 is 0 Å². The van der Waals surface area contributed by atoms with Gasteiger partial charge >= 0.3 is 0 Å². The van der Waals surface area contributed by atoms with E-state index in [1.165, 1.54) is 0 Å². The summed E-state index contributed by atoms with van der Waals surface area (Å²) in [6.45, 7) is 11.1. The monoisotopic (exact) mass is 364 g/mol. The summed E-state index contributed by atoms with van der Waals surface area (Å²) in [7, 11) is 0. The topological polar surface area (TPSA) is 84.0 Å². The number of rotatable bonds is 11. The van der Waals surface area contributed by atoms with Crippen LogP contribution in [0.15, 0.2) is 23.2 Å². The van der Waals surface area contributed by atoms with Gasteiger partial charge in [0.05, 0.1) is 13.2 Å². The summed E-state index contributed by atoms with van der Waals surface area (Å²) in [6.07, 6.45) is 0.804. The molecule has 7 heteroatoms. The van der Waals surface area contributed by atoms with E-state index in [1.54, 1.807) is 0 Å². The first-order valence-electron chi connectivity index (χ1n) is 9.31. The van der Waals surface area contributed by atoms with E-state index in [9.17, 15) is 4.79 Å². The molecule has 0 unspecified atom stereocenters. The van der Waals surface area contributed by atoms with Crippen molar-refractivity contribution in [1.82, 2.24) is 16.0 Å². The molecule has 0 aliphatic heterocycles. The number of amides is 1. The Kier molecular flexibility index (Phi) is 10.7. The van der Waals surface area contributed by atoms with Crippen LogP contribution in [0.25, 0.3) is 0 Å². The van der Waals surface area contributed by atoms with Gasteiger partial charge in [0.25, 0.3) is 0 Å². The van der Waals surface area contributed by atoms with Gasteiger partial charge in [0, 0.05) is 19.6 Å². The molecule has 146 valence electrons. The third kappa shape index (κ3) is 8.09. The number of carbonyl (C=O) groups excluding carboxylic acids is 1. The molecule has 0 radical (unpaired) electrons. The zero-order chi connectivity index (χ0) is 19.2. The average molecular weight is 364 g/mol. The highest BCUT2D eigenvalue weighted by atomic mass is 16.5. The number of likely N-dealkylation sites (N-methyl/N-ethyl adjacent to an activating group) is 1. The SMILES string of the molecule is CCNC(=O)CN=C(NCC)NCCc1ccc(OCC)c(OCC)c1. The summed E-state index contributed by atoms with van der Waals surface area (Å²) in [4.78, 5) is 15.8. The minimum absolute atomic E-state index is 0.0856. The van der Waals surface area contributed by atoms with Gasteiger partial charge in [0.1, 0.15) is 6.54 Å². The van der Waals surface area contributed by atoms with E-state index in [1.807, 2.05) is 45.9 Å². The molecule has 1 rings (SSSR count). The highest BCUT2D eigenvalue weighted by molar-refractivity contribution is 5.84. The molecular weight excluding hydrogens is 332 g/mol. The highest BCUT2D eigenvalue weighted by Gasteiger charge is 2.07. The molecule has 1 aromatic rings. The van der Waals surface area contributed by atoms with E-state index in [0.717, 1.165) is 30.0 Å². The number of carbonyl (C=O) groups is 1. The molecule has 0 spiro atoms. The number of guanidine groups is 1. The molecule has 1 amide bonds. The van der Waals surface area contributed by atoms with Crippen molar-refractivity contribution in [3.05, 3.63) is 23.8 Å². The lowest BCUT2D eigenvalue weighted by molar-refractivity contribution is -0.119. The number of benzene rings is 1. The van der Waals surface area contributed by atoms with Gasteiger partial charge in [-0.2, -0.15) is 0 Å². The zero-order valence-corrected chi connectivity index (χ0v) is 16.4. The van der Waals surface area contributed by atoms with Crippen LogP contribution in [0.2, 0.25) is 0 Å². The van der Waals surface area contributed by atoms with Gasteiger partial charge < -0.3 is 25.4 Å². The first kappa shape index (κ1) is 21.6. The molecule has 0 saturated carbocycles. The minimum atomic E-state index is -0.0856. The zero-order valence-electron chi connectivity index (χ0n) is 16.4. The van der Waals surface area contributed by atoms with Crippen LogP contribution in [-0.4, -0.2) is 51.3 Å². The van der Waals surface area contributed by atoms with Crippen molar-refractivity contribution >= 4 is 11.9 Å². The van der Waals surface area contributed by atoms with Gasteiger partial charge in [-0.05, 0) is 51.8 Å². The van der Waals surface area contributed by atoms with E-state index < -0.39 is 0 Å². The van der Waals surface area contributed by atoms with Crippen LogP contribution in [0.4, 0.5) is 0 Å². The molecule has 0 bridgehead atoms. The third-order valence-electron chi connectivity index (χ3n) is 3.41. The number of hydrogen-bond acceptors (Lipinski definition) is 4. The average Bonchev–Trinajstić information content (AvgIpc) is 2.62. The molecule has 1 aromatic carbocycles. The van der Waals surface area contributed by atoms with Gasteiger partial charge in [-0.3, -0.25) is 4.79 Å². The van der Waals surface area contributed by atoms with Gasteiger partial charge in [0.2, 0.25) is 5.91 Å². The molecule has 0 aliphatic rings. The van der Waals surface area contributed by atoms with Gasteiger partial charge in [-0.1, -0.05) is 6.07 Å². The maximum absolute atomic E-state index is 11.5. The molecular formula is C19H32N4O3. The maximum Gasteiger partial charge on any atom is 0.241 e. The van der Waals surface area contributed by atoms with E-state index in [4.69, 9.17) is 9.47 Å². The fraction of sp³-hybridized carbons (Fsp3) is 0.579. The number of nitrogens with zero attached hydrogens (tertiary/aromatic N) is 1. The van der Waals surface area contributed by atoms with Crippen molar-refractivity contribution in [3.63, 3.8) is 0 Å². The Morgan fingerprint density at radius 3 is 2.31 bits per heavy atom. The van der Waals surface area contributed by atoms with Crippen molar-refractivity contribution in [1.29, 1.82) is 0 Å². The van der Waals surface area contributed by atoms with Crippen molar-refractivity contribution in [2.45, 2.75) is 34.1 Å². The lowest BCUT2D eigenvalue weighted by atomic mass is 10.1. The Bertz CT molecular complexity index is 576. The summed E-state index contributed by atoms with van der Waals surface area (Å²) >= 11 is 0. The molecule has 0 heterocycles. The second-order valence-electron chi connectivity index (χ2n) is 5.47. The standard InChI is InChI=1S/C19H32N4O3/c1-5-20-18(24)14-23-19(21-6-2)22-12-11-15-9-10-16(25-7-3)17(13-15)26-8-4/h9-10,13H,5-8,11-12,14H2,1-4H3,(H,20,24)(H2,21,22,23). The van der Waals surface area contributed by atoms with Crippen molar-refractivity contribution < 1.29 is 14.3 Å². The van der Waals surface area contributed by atoms with Crippen molar-refractivity contribution in [2.75, 3.05) is 39.4 Å². The van der Waals surface area contributed by atoms with Gasteiger partial charge in [-0.25, -0.2) is 4.99 Å². The van der Waals surface area contributed by atoms with Crippen LogP contribution >= 0.6 is 0 Å². The molecule has 3 N–H and O–H groups in total.